The Bertz CT molecular complexity index is 1410. The lowest BCUT2D eigenvalue weighted by Gasteiger charge is -2.23. The first-order chi connectivity index (χ1) is 18.9. The van der Waals surface area contributed by atoms with Gasteiger partial charge < -0.3 is 20.3 Å². The van der Waals surface area contributed by atoms with Crippen LogP contribution >= 0.6 is 0 Å². The van der Waals surface area contributed by atoms with Crippen LogP contribution in [0.15, 0.2) is 78.9 Å². The number of aryl methyl sites for hydroxylation is 2. The van der Waals surface area contributed by atoms with Gasteiger partial charge in [-0.3, -0.25) is 4.79 Å². The number of amides is 3. The molecule has 0 aliphatic rings. The third kappa shape index (κ3) is 6.65. The maximum atomic E-state index is 13.5. The van der Waals surface area contributed by atoms with Gasteiger partial charge >= 0.3 is 6.03 Å². The zero-order valence-corrected chi connectivity index (χ0v) is 22.9. The summed E-state index contributed by atoms with van der Waals surface area (Å²) in [7, 11) is 1.59. The molecule has 0 fully saturated rings. The molecule has 0 atom stereocenters. The highest BCUT2D eigenvalue weighted by molar-refractivity contribution is 5.99. The maximum absolute atomic E-state index is 13.5. The van der Waals surface area contributed by atoms with Gasteiger partial charge in [0.1, 0.15) is 18.1 Å². The standard InChI is InChI=1S/C31H35N5O3/c1-5-6-20-35(31(38)32-25-16-18-26(39-4)19-17-25)21-28(37)33-30-29(24-13-8-7-9-14-24)23(3)34-36(30)27-15-11-10-12-22(27)2/h7-19H,5-6,20-21H2,1-4H3,(H,32,38)(H,33,37). The third-order valence-electron chi connectivity index (χ3n) is 6.47. The van der Waals surface area contributed by atoms with Crippen LogP contribution < -0.4 is 15.4 Å². The number of nitrogens with zero attached hydrogens (tertiary/aromatic N) is 3. The highest BCUT2D eigenvalue weighted by Gasteiger charge is 2.23. The molecule has 0 aliphatic carbocycles. The van der Waals surface area contributed by atoms with E-state index in [0.29, 0.717) is 23.8 Å². The van der Waals surface area contributed by atoms with Crippen LogP contribution in [-0.2, 0) is 4.79 Å². The number of hydrogen-bond donors (Lipinski definition) is 2. The smallest absolute Gasteiger partial charge is 0.322 e. The fraction of sp³-hybridized carbons (Fsp3) is 0.258. The van der Waals surface area contributed by atoms with E-state index in [1.54, 1.807) is 36.1 Å². The Labute approximate surface area is 229 Å². The first kappa shape index (κ1) is 27.4. The number of para-hydroxylation sites is 1. The van der Waals surface area contributed by atoms with Gasteiger partial charge in [-0.2, -0.15) is 5.10 Å². The quantitative estimate of drug-likeness (QED) is 0.249. The topological polar surface area (TPSA) is 88.5 Å². The second kappa shape index (κ2) is 12.8. The molecule has 1 aromatic heterocycles. The molecule has 2 N–H and O–H groups in total. The summed E-state index contributed by atoms with van der Waals surface area (Å²) in [5.41, 5.74) is 5.11. The highest BCUT2D eigenvalue weighted by atomic mass is 16.5. The van der Waals surface area contributed by atoms with Crippen LogP contribution in [0.2, 0.25) is 0 Å². The van der Waals surface area contributed by atoms with E-state index >= 15 is 0 Å². The van der Waals surface area contributed by atoms with Crippen molar-refractivity contribution < 1.29 is 14.3 Å². The number of carbonyl (C=O) groups is 2. The lowest BCUT2D eigenvalue weighted by molar-refractivity contribution is -0.116. The van der Waals surface area contributed by atoms with Crippen LogP contribution in [-0.4, -0.2) is 46.8 Å². The molecular weight excluding hydrogens is 490 g/mol. The van der Waals surface area contributed by atoms with E-state index in [9.17, 15) is 9.59 Å². The van der Waals surface area contributed by atoms with Gasteiger partial charge in [-0.1, -0.05) is 61.9 Å². The summed E-state index contributed by atoms with van der Waals surface area (Å²) in [6, 6.07) is 24.5. The molecular formula is C31H35N5O3. The molecule has 3 amide bonds. The molecule has 4 aromatic rings. The van der Waals surface area contributed by atoms with Crippen molar-refractivity contribution in [3.05, 3.63) is 90.1 Å². The Morgan fingerprint density at radius 2 is 1.62 bits per heavy atom. The number of nitrogens with one attached hydrogen (secondary N) is 2. The minimum absolute atomic E-state index is 0.103. The summed E-state index contributed by atoms with van der Waals surface area (Å²) in [4.78, 5) is 28.2. The van der Waals surface area contributed by atoms with Gasteiger partial charge in [0.2, 0.25) is 5.91 Å². The zero-order valence-electron chi connectivity index (χ0n) is 22.9. The lowest BCUT2D eigenvalue weighted by atomic mass is 10.1. The van der Waals surface area contributed by atoms with E-state index in [-0.39, 0.29) is 18.5 Å². The fourth-order valence-corrected chi connectivity index (χ4v) is 4.39. The zero-order chi connectivity index (χ0) is 27.8. The molecule has 39 heavy (non-hydrogen) atoms. The summed E-state index contributed by atoms with van der Waals surface area (Å²) in [6.07, 6.45) is 1.67. The van der Waals surface area contributed by atoms with Gasteiger partial charge in [0.25, 0.3) is 0 Å². The highest BCUT2D eigenvalue weighted by Crippen LogP contribution is 2.34. The summed E-state index contributed by atoms with van der Waals surface area (Å²) in [6.45, 7) is 6.34. The molecule has 202 valence electrons. The Morgan fingerprint density at radius 3 is 2.28 bits per heavy atom. The molecule has 0 radical (unpaired) electrons. The van der Waals surface area contributed by atoms with Gasteiger partial charge in [-0.05, 0) is 61.7 Å². The van der Waals surface area contributed by atoms with Crippen molar-refractivity contribution in [2.75, 3.05) is 30.8 Å². The number of methoxy groups -OCH3 is 1. The van der Waals surface area contributed by atoms with Gasteiger partial charge in [-0.15, -0.1) is 0 Å². The summed E-state index contributed by atoms with van der Waals surface area (Å²) >= 11 is 0. The predicted molar refractivity (Wildman–Crippen MR) is 156 cm³/mol. The van der Waals surface area contributed by atoms with Gasteiger partial charge in [0.05, 0.1) is 18.5 Å². The lowest BCUT2D eigenvalue weighted by Crippen LogP contribution is -2.41. The van der Waals surface area contributed by atoms with Crippen LogP contribution in [0.1, 0.15) is 31.0 Å². The minimum Gasteiger partial charge on any atom is -0.497 e. The largest absolute Gasteiger partial charge is 0.497 e. The molecule has 0 bridgehead atoms. The Morgan fingerprint density at radius 1 is 0.923 bits per heavy atom. The Balaban J connectivity index is 1.61. The molecule has 3 aromatic carbocycles. The van der Waals surface area contributed by atoms with E-state index in [0.717, 1.165) is 40.9 Å². The van der Waals surface area contributed by atoms with Crippen molar-refractivity contribution in [2.24, 2.45) is 0 Å². The van der Waals surface area contributed by atoms with E-state index in [1.807, 2.05) is 68.4 Å². The Hall–Kier alpha value is -4.59. The van der Waals surface area contributed by atoms with Crippen molar-refractivity contribution in [1.82, 2.24) is 14.7 Å². The van der Waals surface area contributed by atoms with E-state index in [1.165, 1.54) is 4.90 Å². The van der Waals surface area contributed by atoms with Crippen molar-refractivity contribution in [2.45, 2.75) is 33.6 Å². The molecule has 0 saturated carbocycles. The third-order valence-corrected chi connectivity index (χ3v) is 6.47. The van der Waals surface area contributed by atoms with Crippen LogP contribution in [0.25, 0.3) is 16.8 Å². The second-order valence-corrected chi connectivity index (χ2v) is 9.36. The number of aromatic nitrogens is 2. The second-order valence-electron chi connectivity index (χ2n) is 9.36. The number of rotatable bonds is 10. The van der Waals surface area contributed by atoms with Crippen molar-refractivity contribution in [1.29, 1.82) is 0 Å². The number of unbranched alkanes of at least 4 members (excludes halogenated alkanes) is 1. The van der Waals surface area contributed by atoms with E-state index in [4.69, 9.17) is 9.84 Å². The number of urea groups is 1. The monoisotopic (exact) mass is 525 g/mol. The minimum atomic E-state index is -0.337. The van der Waals surface area contributed by atoms with Gasteiger partial charge in [0.15, 0.2) is 0 Å². The molecule has 0 aliphatic heterocycles. The van der Waals surface area contributed by atoms with Crippen LogP contribution in [0.3, 0.4) is 0 Å². The number of hydrogen-bond acceptors (Lipinski definition) is 4. The van der Waals surface area contributed by atoms with Crippen LogP contribution in [0.5, 0.6) is 5.75 Å². The van der Waals surface area contributed by atoms with Crippen LogP contribution in [0.4, 0.5) is 16.3 Å². The fourth-order valence-electron chi connectivity index (χ4n) is 4.39. The molecule has 0 spiro atoms. The summed E-state index contributed by atoms with van der Waals surface area (Å²) in [5.74, 6) is 0.969. The number of anilines is 2. The molecule has 0 unspecified atom stereocenters. The molecule has 8 heteroatoms. The maximum Gasteiger partial charge on any atom is 0.322 e. The average Bonchev–Trinajstić information content (AvgIpc) is 3.26. The SMILES string of the molecule is CCCCN(CC(=O)Nc1c(-c2ccccc2)c(C)nn1-c1ccccc1C)C(=O)Nc1ccc(OC)cc1. The summed E-state index contributed by atoms with van der Waals surface area (Å²) < 4.78 is 6.97. The van der Waals surface area contributed by atoms with Gasteiger partial charge in [-0.25, -0.2) is 9.48 Å². The van der Waals surface area contributed by atoms with E-state index in [2.05, 4.69) is 17.6 Å². The van der Waals surface area contributed by atoms with E-state index < -0.39 is 0 Å². The number of carbonyl (C=O) groups excluding carboxylic acids is 2. The molecule has 1 heterocycles. The Kier molecular flexibility index (Phi) is 8.99. The molecule has 8 nitrogen and oxygen atoms in total. The molecule has 0 saturated heterocycles. The first-order valence-electron chi connectivity index (χ1n) is 13.1. The number of benzene rings is 3. The van der Waals surface area contributed by atoms with Crippen molar-refractivity contribution in [3.8, 4) is 22.6 Å². The molecule has 4 rings (SSSR count). The van der Waals surface area contributed by atoms with Crippen LogP contribution in [0, 0.1) is 13.8 Å². The predicted octanol–water partition coefficient (Wildman–Crippen LogP) is 6.44. The number of ether oxygens (including phenoxy) is 1. The average molecular weight is 526 g/mol. The van der Waals surface area contributed by atoms with Crippen molar-refractivity contribution in [3.63, 3.8) is 0 Å². The van der Waals surface area contributed by atoms with Gasteiger partial charge in [0, 0.05) is 17.8 Å². The first-order valence-corrected chi connectivity index (χ1v) is 13.1. The summed E-state index contributed by atoms with van der Waals surface area (Å²) in [5, 5.41) is 10.8. The van der Waals surface area contributed by atoms with Crippen molar-refractivity contribution >= 4 is 23.4 Å². The normalized spacial score (nSPS) is 10.7.